The molecule has 0 heterocycles. The molecular formula is C72H118O6. The fourth-order valence-corrected chi connectivity index (χ4v) is 8.59. The summed E-state index contributed by atoms with van der Waals surface area (Å²) in [6.07, 6.45) is 91.8. The summed E-state index contributed by atoms with van der Waals surface area (Å²) in [7, 11) is 0. The molecule has 0 aliphatic carbocycles. The summed E-state index contributed by atoms with van der Waals surface area (Å²) < 4.78 is 16.8. The predicted molar refractivity (Wildman–Crippen MR) is 339 cm³/mol. The van der Waals surface area contributed by atoms with Gasteiger partial charge in [0.2, 0.25) is 0 Å². The lowest BCUT2D eigenvalue weighted by Crippen LogP contribution is -2.30. The molecule has 0 aromatic heterocycles. The summed E-state index contributed by atoms with van der Waals surface area (Å²) in [6, 6.07) is 0. The first kappa shape index (κ1) is 73.5. The van der Waals surface area contributed by atoms with Crippen molar-refractivity contribution >= 4 is 17.9 Å². The van der Waals surface area contributed by atoms with E-state index in [0.717, 1.165) is 154 Å². The zero-order valence-electron chi connectivity index (χ0n) is 50.6. The maximum absolute atomic E-state index is 12.9. The van der Waals surface area contributed by atoms with Gasteiger partial charge < -0.3 is 14.2 Å². The van der Waals surface area contributed by atoms with Crippen molar-refractivity contribution in [1.82, 2.24) is 0 Å². The summed E-state index contributed by atoms with van der Waals surface area (Å²) in [4.78, 5) is 38.1. The Bertz CT molecular complexity index is 1670. The Hall–Kier alpha value is -4.45. The molecule has 0 saturated carbocycles. The van der Waals surface area contributed by atoms with Gasteiger partial charge in [-0.05, 0) is 116 Å². The number of rotatable bonds is 57. The van der Waals surface area contributed by atoms with Crippen LogP contribution in [0.15, 0.2) is 134 Å². The second kappa shape index (κ2) is 65.1. The minimum absolute atomic E-state index is 0.0910. The molecule has 0 spiro atoms. The molecule has 1 atom stereocenters. The highest BCUT2D eigenvalue weighted by Crippen LogP contribution is 2.16. The lowest BCUT2D eigenvalue weighted by molar-refractivity contribution is -0.167. The van der Waals surface area contributed by atoms with Gasteiger partial charge in [0.1, 0.15) is 13.2 Å². The fourth-order valence-electron chi connectivity index (χ4n) is 8.59. The molecule has 0 fully saturated rings. The van der Waals surface area contributed by atoms with Gasteiger partial charge in [-0.2, -0.15) is 0 Å². The Morgan fingerprint density at radius 3 is 0.846 bits per heavy atom. The average Bonchev–Trinajstić information content (AvgIpc) is 3.44. The van der Waals surface area contributed by atoms with Crippen LogP contribution in [0.3, 0.4) is 0 Å². The molecule has 0 amide bonds. The first-order valence-corrected chi connectivity index (χ1v) is 32.2. The highest BCUT2D eigenvalue weighted by Gasteiger charge is 2.19. The summed E-state index contributed by atoms with van der Waals surface area (Å²) >= 11 is 0. The highest BCUT2D eigenvalue weighted by molar-refractivity contribution is 5.71. The van der Waals surface area contributed by atoms with Gasteiger partial charge in [0.25, 0.3) is 0 Å². The topological polar surface area (TPSA) is 78.9 Å². The largest absolute Gasteiger partial charge is 0.462 e. The van der Waals surface area contributed by atoms with Crippen molar-refractivity contribution < 1.29 is 28.6 Å². The Morgan fingerprint density at radius 1 is 0.269 bits per heavy atom. The van der Waals surface area contributed by atoms with Crippen LogP contribution in [-0.2, 0) is 28.6 Å². The Kier molecular flexibility index (Phi) is 61.4. The minimum atomic E-state index is -0.793. The number of hydrogen-bond acceptors (Lipinski definition) is 6. The van der Waals surface area contributed by atoms with Crippen LogP contribution in [0.25, 0.3) is 0 Å². The molecule has 0 aromatic carbocycles. The Labute approximate surface area is 481 Å². The number of esters is 3. The van der Waals surface area contributed by atoms with Gasteiger partial charge >= 0.3 is 17.9 Å². The number of unbranched alkanes of at least 4 members (excludes halogenated alkanes) is 24. The van der Waals surface area contributed by atoms with Crippen molar-refractivity contribution in [3.63, 3.8) is 0 Å². The van der Waals surface area contributed by atoms with E-state index in [0.29, 0.717) is 19.3 Å². The Balaban J connectivity index is 4.26. The third-order valence-corrected chi connectivity index (χ3v) is 13.4. The summed E-state index contributed by atoms with van der Waals surface area (Å²) in [5, 5.41) is 0. The van der Waals surface area contributed by atoms with Gasteiger partial charge in [0.15, 0.2) is 6.10 Å². The number of carbonyl (C=O) groups is 3. The van der Waals surface area contributed by atoms with Crippen molar-refractivity contribution in [2.45, 2.75) is 290 Å². The molecule has 0 radical (unpaired) electrons. The van der Waals surface area contributed by atoms with Crippen LogP contribution in [0.5, 0.6) is 0 Å². The zero-order chi connectivity index (χ0) is 56.4. The van der Waals surface area contributed by atoms with Crippen LogP contribution in [0.2, 0.25) is 0 Å². The van der Waals surface area contributed by atoms with E-state index in [4.69, 9.17) is 14.2 Å². The number of ether oxygens (including phenoxy) is 3. The SMILES string of the molecule is CC/C=C\C/C=C\C/C=C\C/C=C\C/C=C\C/C=C\C/C=C\C/C=C\C/C=C\C/C=C\CCCCCCC(=O)OCC(COC(=O)CCCCCCC/C=C\CCC)OC(=O)CCCCCCCCCCCCCCCCC. The number of hydrogen-bond donors (Lipinski definition) is 0. The minimum Gasteiger partial charge on any atom is -0.462 e. The van der Waals surface area contributed by atoms with Crippen LogP contribution in [0.4, 0.5) is 0 Å². The first-order valence-electron chi connectivity index (χ1n) is 32.2. The van der Waals surface area contributed by atoms with E-state index in [1.54, 1.807) is 0 Å². The van der Waals surface area contributed by atoms with Gasteiger partial charge in [-0.3, -0.25) is 14.4 Å². The van der Waals surface area contributed by atoms with Crippen LogP contribution in [0.1, 0.15) is 284 Å². The number of allylic oxidation sites excluding steroid dienone is 22. The van der Waals surface area contributed by atoms with Crippen molar-refractivity contribution in [3.8, 4) is 0 Å². The zero-order valence-corrected chi connectivity index (χ0v) is 50.6. The molecule has 6 heteroatoms. The average molecular weight is 1080 g/mol. The van der Waals surface area contributed by atoms with E-state index in [1.165, 1.54) is 89.9 Å². The van der Waals surface area contributed by atoms with Crippen LogP contribution in [0, 0.1) is 0 Å². The molecule has 442 valence electrons. The van der Waals surface area contributed by atoms with Gasteiger partial charge in [0, 0.05) is 19.3 Å². The smallest absolute Gasteiger partial charge is 0.306 e. The summed E-state index contributed by atoms with van der Waals surface area (Å²) in [5.74, 6) is -0.924. The van der Waals surface area contributed by atoms with E-state index < -0.39 is 6.10 Å². The first-order chi connectivity index (χ1) is 38.5. The third kappa shape index (κ3) is 62.4. The van der Waals surface area contributed by atoms with Crippen molar-refractivity contribution in [3.05, 3.63) is 134 Å². The lowest BCUT2D eigenvalue weighted by Gasteiger charge is -2.18. The standard InChI is InChI=1S/C72H118O6/c1-4-7-10-13-16-19-22-24-26-27-28-29-30-31-32-33-34-35-36-37-38-39-40-41-42-43-44-45-47-48-50-53-56-59-62-65-71(74)77-68-69(67-76-70(73)64-61-58-55-52-21-18-15-12-9-6-3)78-72(75)66-63-60-57-54-51-49-46-25-23-20-17-14-11-8-5-2/h7,10,12,15-16,19,24,26,28-29,31-32,34-35,37-38,40-41,43-44,47-48,69H,4-6,8-9,11,13-14,17-18,20-23,25,27,30,33,36,39,42,45-46,49-68H2,1-3H3/b10-7-,15-12-,19-16-,26-24-,29-28-,32-31-,35-34-,38-37-,41-40-,44-43-,48-47-. The van der Waals surface area contributed by atoms with Crippen LogP contribution in [-0.4, -0.2) is 37.2 Å². The molecule has 0 saturated heterocycles. The quantitative estimate of drug-likeness (QED) is 0.0261. The van der Waals surface area contributed by atoms with E-state index in [-0.39, 0.29) is 31.1 Å². The molecule has 6 nitrogen and oxygen atoms in total. The van der Waals surface area contributed by atoms with Crippen molar-refractivity contribution in [1.29, 1.82) is 0 Å². The fraction of sp³-hybridized carbons (Fsp3) is 0.653. The predicted octanol–water partition coefficient (Wildman–Crippen LogP) is 22.2. The molecule has 0 aliphatic heterocycles. The molecular weight excluding hydrogens is 961 g/mol. The molecule has 0 N–H and O–H groups in total. The van der Waals surface area contributed by atoms with Gasteiger partial charge in [-0.25, -0.2) is 0 Å². The van der Waals surface area contributed by atoms with Crippen LogP contribution < -0.4 is 0 Å². The summed E-state index contributed by atoms with van der Waals surface area (Å²) in [5.41, 5.74) is 0. The Morgan fingerprint density at radius 2 is 0.526 bits per heavy atom. The van der Waals surface area contributed by atoms with Crippen molar-refractivity contribution in [2.24, 2.45) is 0 Å². The van der Waals surface area contributed by atoms with Crippen molar-refractivity contribution in [2.75, 3.05) is 13.2 Å². The second-order valence-corrected chi connectivity index (χ2v) is 20.9. The van der Waals surface area contributed by atoms with Gasteiger partial charge in [-0.1, -0.05) is 283 Å². The normalized spacial score (nSPS) is 13.0. The molecule has 0 bridgehead atoms. The number of carbonyl (C=O) groups excluding carboxylic acids is 3. The molecule has 0 rings (SSSR count). The highest BCUT2D eigenvalue weighted by atomic mass is 16.6. The van der Waals surface area contributed by atoms with Gasteiger partial charge in [0.05, 0.1) is 0 Å². The molecule has 1 unspecified atom stereocenters. The molecule has 0 aromatic rings. The molecule has 78 heavy (non-hydrogen) atoms. The van der Waals surface area contributed by atoms with Crippen LogP contribution >= 0.6 is 0 Å². The van der Waals surface area contributed by atoms with E-state index in [9.17, 15) is 14.4 Å². The molecule has 0 aliphatic rings. The maximum atomic E-state index is 12.9. The van der Waals surface area contributed by atoms with Gasteiger partial charge in [-0.15, -0.1) is 0 Å². The third-order valence-electron chi connectivity index (χ3n) is 13.4. The van der Waals surface area contributed by atoms with E-state index in [2.05, 4.69) is 154 Å². The van der Waals surface area contributed by atoms with E-state index >= 15 is 0 Å². The second-order valence-electron chi connectivity index (χ2n) is 20.9. The lowest BCUT2D eigenvalue weighted by atomic mass is 10.0. The summed E-state index contributed by atoms with van der Waals surface area (Å²) in [6.45, 7) is 6.44. The maximum Gasteiger partial charge on any atom is 0.306 e. The monoisotopic (exact) mass is 1080 g/mol. The van der Waals surface area contributed by atoms with E-state index in [1.807, 2.05) is 0 Å².